The highest BCUT2D eigenvalue weighted by Gasteiger charge is 2.23. The van der Waals surface area contributed by atoms with Gasteiger partial charge in [-0.25, -0.2) is 4.39 Å². The van der Waals surface area contributed by atoms with Gasteiger partial charge in [0.05, 0.1) is 0 Å². The Kier molecular flexibility index (Phi) is 6.32. The number of halogens is 2. The molecule has 0 radical (unpaired) electrons. The average molecular weight is 317 g/mol. The molecule has 0 saturated heterocycles. The molecule has 0 fully saturated rings. The van der Waals surface area contributed by atoms with E-state index in [9.17, 15) is 4.39 Å². The average Bonchev–Trinajstić information content (AvgIpc) is 2.21. The van der Waals surface area contributed by atoms with Gasteiger partial charge in [-0.1, -0.05) is 15.9 Å². The van der Waals surface area contributed by atoms with Crippen LogP contribution < -0.4 is 0 Å². The van der Waals surface area contributed by atoms with Crippen molar-refractivity contribution < 1.29 is 13.7 Å². The van der Waals surface area contributed by atoms with E-state index in [4.69, 9.17) is 9.31 Å². The first-order chi connectivity index (χ1) is 8.38. The van der Waals surface area contributed by atoms with E-state index in [2.05, 4.69) is 15.9 Å². The Balaban J connectivity index is 2.77. The van der Waals surface area contributed by atoms with Gasteiger partial charge in [0.25, 0.3) is 0 Å². The molecule has 0 atom stereocenters. The third kappa shape index (κ3) is 5.50. The summed E-state index contributed by atoms with van der Waals surface area (Å²) in [7, 11) is -0.358. The second kappa shape index (κ2) is 7.26. The van der Waals surface area contributed by atoms with Crippen molar-refractivity contribution in [1.82, 2.24) is 0 Å². The molecular formula is C13H19BBrFO2. The van der Waals surface area contributed by atoms with E-state index in [1.165, 1.54) is 12.1 Å². The molecule has 1 aromatic carbocycles. The fraction of sp³-hybridized carbons (Fsp3) is 0.538. The second-order valence-electron chi connectivity index (χ2n) is 4.74. The highest BCUT2D eigenvalue weighted by atomic mass is 79.9. The van der Waals surface area contributed by atoms with Gasteiger partial charge in [0.15, 0.2) is 0 Å². The van der Waals surface area contributed by atoms with Gasteiger partial charge in [-0.2, -0.15) is 0 Å². The molecule has 0 amide bonds. The Bertz CT molecular complexity index is 375. The van der Waals surface area contributed by atoms with Crippen molar-refractivity contribution in [2.75, 3.05) is 0 Å². The molecule has 0 N–H and O–H groups in total. The van der Waals surface area contributed by atoms with E-state index in [0.29, 0.717) is 6.32 Å². The van der Waals surface area contributed by atoms with Crippen LogP contribution >= 0.6 is 15.9 Å². The number of rotatable bonds is 6. The first-order valence-corrected chi connectivity index (χ1v) is 6.92. The minimum atomic E-state index is -0.358. The number of hydrogen-bond donors (Lipinski definition) is 0. The van der Waals surface area contributed by atoms with Crippen LogP contribution in [0.15, 0.2) is 22.7 Å². The third-order valence-electron chi connectivity index (χ3n) is 2.24. The summed E-state index contributed by atoms with van der Waals surface area (Å²) in [4.78, 5) is 0. The summed E-state index contributed by atoms with van der Waals surface area (Å²) >= 11 is 3.41. The smallest absolute Gasteiger partial charge is 0.409 e. The maximum Gasteiger partial charge on any atom is 0.461 e. The van der Waals surface area contributed by atoms with Crippen LogP contribution in [0.5, 0.6) is 0 Å². The van der Waals surface area contributed by atoms with Crippen molar-refractivity contribution in [2.24, 2.45) is 0 Å². The standard InChI is InChI=1S/C13H19BBrFO2/c1-9(2)17-14(18-10(3)4)8-11-7-12(16)5-6-13(11)15/h5-7,9-10H,8H2,1-4H3. The topological polar surface area (TPSA) is 18.5 Å². The molecule has 0 aliphatic carbocycles. The van der Waals surface area contributed by atoms with Crippen LogP contribution in [0.2, 0.25) is 0 Å². The zero-order chi connectivity index (χ0) is 13.7. The summed E-state index contributed by atoms with van der Waals surface area (Å²) in [6.45, 7) is 7.82. The first-order valence-electron chi connectivity index (χ1n) is 6.13. The van der Waals surface area contributed by atoms with Crippen LogP contribution in [0, 0.1) is 5.82 Å². The Morgan fingerprint density at radius 3 is 2.22 bits per heavy atom. The fourth-order valence-corrected chi connectivity index (χ4v) is 2.02. The Labute approximate surface area is 117 Å². The van der Waals surface area contributed by atoms with Crippen LogP contribution in [0.4, 0.5) is 4.39 Å². The lowest BCUT2D eigenvalue weighted by molar-refractivity contribution is 0.129. The van der Waals surface area contributed by atoms with E-state index in [-0.39, 0.29) is 25.1 Å². The molecule has 2 nitrogen and oxygen atoms in total. The Morgan fingerprint density at radius 1 is 1.17 bits per heavy atom. The van der Waals surface area contributed by atoms with Crippen molar-refractivity contribution in [3.63, 3.8) is 0 Å². The van der Waals surface area contributed by atoms with Crippen molar-refractivity contribution in [2.45, 2.75) is 46.2 Å². The maximum atomic E-state index is 13.2. The summed E-state index contributed by atoms with van der Waals surface area (Å²) in [5.41, 5.74) is 0.848. The van der Waals surface area contributed by atoms with E-state index in [1.807, 2.05) is 27.7 Å². The summed E-state index contributed by atoms with van der Waals surface area (Å²) in [5, 5.41) is 0. The van der Waals surface area contributed by atoms with Crippen molar-refractivity contribution in [1.29, 1.82) is 0 Å². The van der Waals surface area contributed by atoms with Crippen LogP contribution in [-0.4, -0.2) is 19.3 Å². The molecule has 1 aromatic rings. The molecule has 0 aliphatic rings. The Hall–Kier alpha value is -0.385. The molecule has 0 spiro atoms. The van der Waals surface area contributed by atoms with Crippen LogP contribution in [0.3, 0.4) is 0 Å². The lowest BCUT2D eigenvalue weighted by Gasteiger charge is -2.20. The summed E-state index contributed by atoms with van der Waals surface area (Å²) in [6.07, 6.45) is 0.663. The molecule has 0 bridgehead atoms. The molecule has 0 aromatic heterocycles. The largest absolute Gasteiger partial charge is 0.461 e. The van der Waals surface area contributed by atoms with Gasteiger partial charge in [0, 0.05) is 23.0 Å². The van der Waals surface area contributed by atoms with Gasteiger partial charge >= 0.3 is 7.12 Å². The molecular weight excluding hydrogens is 298 g/mol. The molecule has 0 saturated carbocycles. The zero-order valence-corrected chi connectivity index (χ0v) is 12.8. The van der Waals surface area contributed by atoms with Crippen LogP contribution in [0.25, 0.3) is 0 Å². The molecule has 0 aliphatic heterocycles. The van der Waals surface area contributed by atoms with Gasteiger partial charge in [0.1, 0.15) is 5.82 Å². The normalized spacial score (nSPS) is 11.3. The summed E-state index contributed by atoms with van der Waals surface area (Å²) < 4.78 is 25.5. The quantitative estimate of drug-likeness (QED) is 0.738. The molecule has 1 rings (SSSR count). The molecule has 0 heterocycles. The predicted octanol–water partition coefficient (Wildman–Crippen LogP) is 4.01. The number of hydrogen-bond acceptors (Lipinski definition) is 2. The highest BCUT2D eigenvalue weighted by Crippen LogP contribution is 2.20. The van der Waals surface area contributed by atoms with Gasteiger partial charge in [0.2, 0.25) is 0 Å². The van der Waals surface area contributed by atoms with Crippen molar-refractivity contribution in [3.05, 3.63) is 34.1 Å². The van der Waals surface area contributed by atoms with E-state index >= 15 is 0 Å². The minimum absolute atomic E-state index is 0.0704. The summed E-state index contributed by atoms with van der Waals surface area (Å²) in [5.74, 6) is -0.249. The summed E-state index contributed by atoms with van der Waals surface area (Å²) in [6, 6.07) is 4.63. The van der Waals surface area contributed by atoms with E-state index in [0.717, 1.165) is 10.0 Å². The van der Waals surface area contributed by atoms with Gasteiger partial charge in [-0.3, -0.25) is 0 Å². The highest BCUT2D eigenvalue weighted by molar-refractivity contribution is 9.10. The molecule has 0 unspecified atom stereocenters. The van der Waals surface area contributed by atoms with Gasteiger partial charge in [-0.05, 0) is 51.5 Å². The van der Waals surface area contributed by atoms with Crippen LogP contribution in [0.1, 0.15) is 33.3 Å². The Morgan fingerprint density at radius 2 is 1.72 bits per heavy atom. The van der Waals surface area contributed by atoms with Crippen molar-refractivity contribution in [3.8, 4) is 0 Å². The lowest BCUT2D eigenvalue weighted by atomic mass is 9.79. The lowest BCUT2D eigenvalue weighted by Crippen LogP contribution is -2.32. The van der Waals surface area contributed by atoms with E-state index < -0.39 is 0 Å². The fourth-order valence-electron chi connectivity index (χ4n) is 1.61. The predicted molar refractivity (Wildman–Crippen MR) is 76.0 cm³/mol. The van der Waals surface area contributed by atoms with Gasteiger partial charge < -0.3 is 9.31 Å². The van der Waals surface area contributed by atoms with Gasteiger partial charge in [-0.15, -0.1) is 0 Å². The maximum absolute atomic E-state index is 13.2. The molecule has 100 valence electrons. The molecule has 18 heavy (non-hydrogen) atoms. The number of benzene rings is 1. The van der Waals surface area contributed by atoms with E-state index in [1.54, 1.807) is 6.07 Å². The first kappa shape index (κ1) is 15.7. The zero-order valence-electron chi connectivity index (χ0n) is 11.2. The minimum Gasteiger partial charge on any atom is -0.409 e. The monoisotopic (exact) mass is 316 g/mol. The SMILES string of the molecule is CC(C)OB(Cc1cc(F)ccc1Br)OC(C)C. The van der Waals surface area contributed by atoms with Crippen LogP contribution in [-0.2, 0) is 15.6 Å². The third-order valence-corrected chi connectivity index (χ3v) is 3.02. The molecule has 5 heteroatoms. The van der Waals surface area contributed by atoms with Crippen molar-refractivity contribution >= 4 is 23.0 Å². The second-order valence-corrected chi connectivity index (χ2v) is 5.59.